The van der Waals surface area contributed by atoms with E-state index < -0.39 is 0 Å². The molecule has 0 saturated heterocycles. The largest absolute Gasteiger partial charge is 0.0654 e. The lowest BCUT2D eigenvalue weighted by Crippen LogP contribution is -1.87. The summed E-state index contributed by atoms with van der Waals surface area (Å²) in [5.41, 5.74) is 6.56. The minimum absolute atomic E-state index is 1.19. The van der Waals surface area contributed by atoms with E-state index in [2.05, 4.69) is 97.9 Å². The molecule has 0 bridgehead atoms. The second-order valence-electron chi connectivity index (χ2n) is 7.65. The maximum atomic E-state index is 2.31. The summed E-state index contributed by atoms with van der Waals surface area (Å²) in [6, 6.07) is 33.3. The molecular formula is C28H28. The quantitative estimate of drug-likeness (QED) is 0.289. The predicted molar refractivity (Wildman–Crippen MR) is 123 cm³/mol. The highest BCUT2D eigenvalue weighted by Gasteiger charge is 2.04. The summed E-state index contributed by atoms with van der Waals surface area (Å²) in [4.78, 5) is 0. The van der Waals surface area contributed by atoms with Crippen molar-refractivity contribution in [3.8, 4) is 22.3 Å². The smallest absolute Gasteiger partial charge is 0.0177 e. The van der Waals surface area contributed by atoms with Crippen molar-refractivity contribution < 1.29 is 0 Å². The SMILES string of the molecule is CCCCCCc1ccc(-c2cccc(-c3ccc4ccccc4c3)c2)cc1. The van der Waals surface area contributed by atoms with E-state index in [1.54, 1.807) is 0 Å². The number of hydrogen-bond acceptors (Lipinski definition) is 0. The second-order valence-corrected chi connectivity index (χ2v) is 7.65. The molecule has 0 aromatic heterocycles. The third-order valence-corrected chi connectivity index (χ3v) is 5.55. The fourth-order valence-electron chi connectivity index (χ4n) is 3.87. The van der Waals surface area contributed by atoms with Gasteiger partial charge in [0.05, 0.1) is 0 Å². The minimum atomic E-state index is 1.19. The molecule has 0 aliphatic rings. The highest BCUT2D eigenvalue weighted by Crippen LogP contribution is 2.29. The second kappa shape index (κ2) is 8.89. The molecule has 0 fully saturated rings. The van der Waals surface area contributed by atoms with E-state index in [4.69, 9.17) is 0 Å². The van der Waals surface area contributed by atoms with Crippen molar-refractivity contribution in [1.29, 1.82) is 0 Å². The fraction of sp³-hybridized carbons (Fsp3) is 0.214. The maximum absolute atomic E-state index is 2.31. The molecular weight excluding hydrogens is 336 g/mol. The summed E-state index contributed by atoms with van der Waals surface area (Å²) in [6.07, 6.45) is 6.47. The average Bonchev–Trinajstić information content (AvgIpc) is 2.77. The Balaban J connectivity index is 1.54. The van der Waals surface area contributed by atoms with Crippen molar-refractivity contribution >= 4 is 10.8 Å². The third-order valence-electron chi connectivity index (χ3n) is 5.55. The van der Waals surface area contributed by atoms with Crippen LogP contribution in [0, 0.1) is 0 Å². The summed E-state index contributed by atoms with van der Waals surface area (Å²) in [5.74, 6) is 0. The molecule has 0 aliphatic heterocycles. The summed E-state index contributed by atoms with van der Waals surface area (Å²) < 4.78 is 0. The molecule has 0 atom stereocenters. The summed E-state index contributed by atoms with van der Waals surface area (Å²) in [6.45, 7) is 2.26. The Morgan fingerprint density at radius 3 is 1.96 bits per heavy atom. The number of rotatable bonds is 7. The molecule has 0 aliphatic carbocycles. The van der Waals surface area contributed by atoms with E-state index in [1.165, 1.54) is 70.7 Å². The van der Waals surface area contributed by atoms with E-state index >= 15 is 0 Å². The number of unbranched alkanes of at least 4 members (excludes halogenated alkanes) is 3. The van der Waals surface area contributed by atoms with Crippen LogP contribution in [0.3, 0.4) is 0 Å². The van der Waals surface area contributed by atoms with E-state index in [1.807, 2.05) is 0 Å². The summed E-state index contributed by atoms with van der Waals surface area (Å²) in [5, 5.41) is 2.58. The van der Waals surface area contributed by atoms with Gasteiger partial charge in [-0.1, -0.05) is 105 Å². The minimum Gasteiger partial charge on any atom is -0.0654 e. The molecule has 0 nitrogen and oxygen atoms in total. The Morgan fingerprint density at radius 2 is 1.18 bits per heavy atom. The van der Waals surface area contributed by atoms with E-state index in [-0.39, 0.29) is 0 Å². The Kier molecular flexibility index (Phi) is 5.87. The van der Waals surface area contributed by atoms with Crippen LogP contribution in [0.25, 0.3) is 33.0 Å². The summed E-state index contributed by atoms with van der Waals surface area (Å²) >= 11 is 0. The van der Waals surface area contributed by atoms with Gasteiger partial charge in [-0.25, -0.2) is 0 Å². The van der Waals surface area contributed by atoms with Crippen LogP contribution in [0.4, 0.5) is 0 Å². The lowest BCUT2D eigenvalue weighted by molar-refractivity contribution is 0.667. The van der Waals surface area contributed by atoms with Crippen LogP contribution >= 0.6 is 0 Å². The molecule has 0 saturated carbocycles. The lowest BCUT2D eigenvalue weighted by atomic mass is 9.96. The van der Waals surface area contributed by atoms with Crippen molar-refractivity contribution in [2.24, 2.45) is 0 Å². The first-order valence-electron chi connectivity index (χ1n) is 10.5. The van der Waals surface area contributed by atoms with Crippen molar-refractivity contribution in [1.82, 2.24) is 0 Å². The number of fused-ring (bicyclic) bond motifs is 1. The van der Waals surface area contributed by atoms with Gasteiger partial charge in [0.1, 0.15) is 0 Å². The monoisotopic (exact) mass is 364 g/mol. The first-order valence-corrected chi connectivity index (χ1v) is 10.5. The van der Waals surface area contributed by atoms with Crippen LogP contribution in [0.1, 0.15) is 38.2 Å². The molecule has 0 radical (unpaired) electrons. The van der Waals surface area contributed by atoms with Crippen LogP contribution < -0.4 is 0 Å². The van der Waals surface area contributed by atoms with Gasteiger partial charge in [-0.05, 0) is 63.6 Å². The Morgan fingerprint density at radius 1 is 0.500 bits per heavy atom. The highest BCUT2D eigenvalue weighted by molar-refractivity contribution is 5.87. The molecule has 0 amide bonds. The average molecular weight is 365 g/mol. The topological polar surface area (TPSA) is 0 Å². The van der Waals surface area contributed by atoms with Gasteiger partial charge in [0, 0.05) is 0 Å². The summed E-state index contributed by atoms with van der Waals surface area (Å²) in [7, 11) is 0. The maximum Gasteiger partial charge on any atom is -0.0177 e. The van der Waals surface area contributed by atoms with Crippen molar-refractivity contribution in [2.45, 2.75) is 39.0 Å². The van der Waals surface area contributed by atoms with Gasteiger partial charge in [0.25, 0.3) is 0 Å². The molecule has 0 heteroatoms. The molecule has 28 heavy (non-hydrogen) atoms. The lowest BCUT2D eigenvalue weighted by Gasteiger charge is -2.08. The van der Waals surface area contributed by atoms with Gasteiger partial charge >= 0.3 is 0 Å². The molecule has 140 valence electrons. The Hall–Kier alpha value is -2.86. The third kappa shape index (κ3) is 4.34. The van der Waals surface area contributed by atoms with Gasteiger partial charge in [0.2, 0.25) is 0 Å². The van der Waals surface area contributed by atoms with Gasteiger partial charge in [-0.3, -0.25) is 0 Å². The Bertz CT molecular complexity index is 1040. The first kappa shape index (κ1) is 18.5. The molecule has 0 heterocycles. The van der Waals surface area contributed by atoms with Gasteiger partial charge in [0.15, 0.2) is 0 Å². The molecule has 0 unspecified atom stereocenters. The zero-order chi connectivity index (χ0) is 19.2. The number of aryl methyl sites for hydroxylation is 1. The predicted octanol–water partition coefficient (Wildman–Crippen LogP) is 8.30. The van der Waals surface area contributed by atoms with Gasteiger partial charge < -0.3 is 0 Å². The molecule has 0 spiro atoms. The van der Waals surface area contributed by atoms with Crippen LogP contribution in [-0.4, -0.2) is 0 Å². The van der Waals surface area contributed by atoms with E-state index in [9.17, 15) is 0 Å². The highest BCUT2D eigenvalue weighted by atomic mass is 14.1. The van der Waals surface area contributed by atoms with Crippen molar-refractivity contribution in [2.75, 3.05) is 0 Å². The molecule has 4 aromatic rings. The zero-order valence-corrected chi connectivity index (χ0v) is 16.7. The molecule has 4 rings (SSSR count). The first-order chi connectivity index (χ1) is 13.8. The molecule has 4 aromatic carbocycles. The normalized spacial score (nSPS) is 11.0. The fourth-order valence-corrected chi connectivity index (χ4v) is 3.87. The van der Waals surface area contributed by atoms with Crippen LogP contribution in [0.15, 0.2) is 91.0 Å². The molecule has 0 N–H and O–H groups in total. The van der Waals surface area contributed by atoms with Crippen LogP contribution in [0.5, 0.6) is 0 Å². The van der Waals surface area contributed by atoms with Crippen LogP contribution in [-0.2, 0) is 6.42 Å². The van der Waals surface area contributed by atoms with Crippen LogP contribution in [0.2, 0.25) is 0 Å². The standard InChI is InChI=1S/C28H28/c1-2-3-4-5-9-22-14-16-24(17-15-22)26-12-8-13-27(20-26)28-19-18-23-10-6-7-11-25(23)21-28/h6-8,10-21H,2-5,9H2,1H3. The number of benzene rings is 4. The van der Waals surface area contributed by atoms with Crippen molar-refractivity contribution in [3.05, 3.63) is 96.6 Å². The van der Waals surface area contributed by atoms with E-state index in [0.717, 1.165) is 0 Å². The van der Waals surface area contributed by atoms with E-state index in [0.29, 0.717) is 0 Å². The zero-order valence-electron chi connectivity index (χ0n) is 16.7. The van der Waals surface area contributed by atoms with Gasteiger partial charge in [-0.2, -0.15) is 0 Å². The number of hydrogen-bond donors (Lipinski definition) is 0. The Labute approximate surface area is 168 Å². The van der Waals surface area contributed by atoms with Crippen molar-refractivity contribution in [3.63, 3.8) is 0 Å². The van der Waals surface area contributed by atoms with Gasteiger partial charge in [-0.15, -0.1) is 0 Å².